The van der Waals surface area contributed by atoms with Gasteiger partial charge in [0.05, 0.1) is 0 Å². The van der Waals surface area contributed by atoms with Crippen molar-refractivity contribution in [3.63, 3.8) is 0 Å². The molecular formula is C22H28N2O2. The maximum atomic E-state index is 12.2. The second-order valence-corrected chi connectivity index (χ2v) is 7.50. The smallest absolute Gasteiger partial charge is 0.229 e. The van der Waals surface area contributed by atoms with Gasteiger partial charge in [-0.25, -0.2) is 0 Å². The highest BCUT2D eigenvalue weighted by molar-refractivity contribution is 5.96. The first-order valence-electron chi connectivity index (χ1n) is 9.07. The van der Waals surface area contributed by atoms with Gasteiger partial charge in [-0.1, -0.05) is 58.0 Å². The molecule has 2 amide bonds. The van der Waals surface area contributed by atoms with Crippen LogP contribution in [0.25, 0.3) is 0 Å². The standard InChI is InChI=1S/C22H28N2O2/c1-5-16-9-11-17(12-10-16)13-14-20(25)23-18-7-6-8-19(15-18)24-21(26)22(2,3)4/h6-12,15H,5,13-14H2,1-4H3,(H,23,25)(H,24,26). The summed E-state index contributed by atoms with van der Waals surface area (Å²) in [4.78, 5) is 24.3. The molecule has 0 atom stereocenters. The quantitative estimate of drug-likeness (QED) is 0.784. The topological polar surface area (TPSA) is 58.2 Å². The minimum atomic E-state index is -0.466. The van der Waals surface area contributed by atoms with Crippen LogP contribution in [0.2, 0.25) is 0 Å². The van der Waals surface area contributed by atoms with E-state index in [4.69, 9.17) is 0 Å². The molecule has 0 fully saturated rings. The van der Waals surface area contributed by atoms with Gasteiger partial charge in [-0.05, 0) is 42.2 Å². The van der Waals surface area contributed by atoms with Crippen LogP contribution in [-0.2, 0) is 22.4 Å². The molecule has 2 aromatic carbocycles. The Bertz CT molecular complexity index is 758. The molecule has 0 unspecified atom stereocenters. The van der Waals surface area contributed by atoms with Crippen molar-refractivity contribution in [2.75, 3.05) is 10.6 Å². The SMILES string of the molecule is CCc1ccc(CCC(=O)Nc2cccc(NC(=O)C(C)(C)C)c2)cc1. The maximum absolute atomic E-state index is 12.2. The van der Waals surface area contributed by atoms with E-state index in [-0.39, 0.29) is 11.8 Å². The van der Waals surface area contributed by atoms with E-state index in [1.54, 1.807) is 6.07 Å². The first-order valence-corrected chi connectivity index (χ1v) is 9.07. The van der Waals surface area contributed by atoms with Crippen molar-refractivity contribution in [3.05, 3.63) is 59.7 Å². The highest BCUT2D eigenvalue weighted by Crippen LogP contribution is 2.20. The Morgan fingerprint density at radius 1 is 0.885 bits per heavy atom. The van der Waals surface area contributed by atoms with E-state index in [0.717, 1.165) is 12.0 Å². The minimum Gasteiger partial charge on any atom is -0.326 e. The van der Waals surface area contributed by atoms with Crippen molar-refractivity contribution >= 4 is 23.2 Å². The molecule has 4 heteroatoms. The van der Waals surface area contributed by atoms with Crippen LogP contribution in [0, 0.1) is 5.41 Å². The molecule has 0 heterocycles. The van der Waals surface area contributed by atoms with Crippen LogP contribution in [-0.4, -0.2) is 11.8 Å². The van der Waals surface area contributed by atoms with Crippen molar-refractivity contribution < 1.29 is 9.59 Å². The molecule has 0 saturated heterocycles. The van der Waals surface area contributed by atoms with Gasteiger partial charge in [-0.3, -0.25) is 9.59 Å². The highest BCUT2D eigenvalue weighted by Gasteiger charge is 2.21. The number of aryl methyl sites for hydroxylation is 2. The molecule has 0 aliphatic rings. The Morgan fingerprint density at radius 2 is 1.46 bits per heavy atom. The summed E-state index contributed by atoms with van der Waals surface area (Å²) in [6, 6.07) is 15.6. The molecule has 0 aliphatic heterocycles. The monoisotopic (exact) mass is 352 g/mol. The number of hydrogen-bond donors (Lipinski definition) is 2. The summed E-state index contributed by atoms with van der Waals surface area (Å²) in [6.07, 6.45) is 2.14. The minimum absolute atomic E-state index is 0.0381. The van der Waals surface area contributed by atoms with Gasteiger partial charge in [0.1, 0.15) is 0 Å². The normalized spacial score (nSPS) is 11.1. The number of carbonyl (C=O) groups is 2. The molecule has 4 nitrogen and oxygen atoms in total. The van der Waals surface area contributed by atoms with E-state index in [9.17, 15) is 9.59 Å². The summed E-state index contributed by atoms with van der Waals surface area (Å²) in [7, 11) is 0. The molecule has 2 N–H and O–H groups in total. The largest absolute Gasteiger partial charge is 0.326 e. The first kappa shape index (κ1) is 19.7. The Hall–Kier alpha value is -2.62. The van der Waals surface area contributed by atoms with Crippen LogP contribution in [0.1, 0.15) is 45.2 Å². The zero-order valence-electron chi connectivity index (χ0n) is 16.1. The van der Waals surface area contributed by atoms with E-state index >= 15 is 0 Å². The number of nitrogens with one attached hydrogen (secondary N) is 2. The summed E-state index contributed by atoms with van der Waals surface area (Å²) in [5, 5.41) is 5.77. The lowest BCUT2D eigenvalue weighted by Gasteiger charge is -2.18. The van der Waals surface area contributed by atoms with Crippen LogP contribution >= 0.6 is 0 Å². The van der Waals surface area contributed by atoms with Gasteiger partial charge in [0.15, 0.2) is 0 Å². The summed E-state index contributed by atoms with van der Waals surface area (Å²) in [5.74, 6) is -0.0969. The molecule has 2 rings (SSSR count). The van der Waals surface area contributed by atoms with Crippen LogP contribution in [0.15, 0.2) is 48.5 Å². The third-order valence-electron chi connectivity index (χ3n) is 4.16. The lowest BCUT2D eigenvalue weighted by molar-refractivity contribution is -0.123. The lowest BCUT2D eigenvalue weighted by atomic mass is 9.95. The Balaban J connectivity index is 1.90. The van der Waals surface area contributed by atoms with Crippen LogP contribution < -0.4 is 10.6 Å². The van der Waals surface area contributed by atoms with Crippen molar-refractivity contribution in [2.24, 2.45) is 5.41 Å². The second kappa shape index (κ2) is 8.65. The van der Waals surface area contributed by atoms with Gasteiger partial charge in [-0.2, -0.15) is 0 Å². The number of benzene rings is 2. The van der Waals surface area contributed by atoms with Crippen molar-refractivity contribution in [1.82, 2.24) is 0 Å². The maximum Gasteiger partial charge on any atom is 0.229 e. The average Bonchev–Trinajstić information content (AvgIpc) is 2.60. The van der Waals surface area contributed by atoms with Crippen molar-refractivity contribution in [2.45, 2.75) is 47.0 Å². The Kier molecular flexibility index (Phi) is 6.56. The summed E-state index contributed by atoms with van der Waals surface area (Å²) in [5.41, 5.74) is 3.35. The third-order valence-corrected chi connectivity index (χ3v) is 4.16. The number of hydrogen-bond acceptors (Lipinski definition) is 2. The van der Waals surface area contributed by atoms with Gasteiger partial charge in [-0.15, -0.1) is 0 Å². The Morgan fingerprint density at radius 3 is 2.04 bits per heavy atom. The number of rotatable bonds is 6. The van der Waals surface area contributed by atoms with Crippen LogP contribution in [0.4, 0.5) is 11.4 Å². The molecule has 0 aliphatic carbocycles. The zero-order chi connectivity index (χ0) is 19.2. The molecular weight excluding hydrogens is 324 g/mol. The number of carbonyl (C=O) groups excluding carboxylic acids is 2. The summed E-state index contributed by atoms with van der Waals surface area (Å²) >= 11 is 0. The van der Waals surface area contributed by atoms with Crippen LogP contribution in [0.3, 0.4) is 0 Å². The summed E-state index contributed by atoms with van der Waals surface area (Å²) < 4.78 is 0. The lowest BCUT2D eigenvalue weighted by Crippen LogP contribution is -2.27. The van der Waals surface area contributed by atoms with Crippen molar-refractivity contribution in [1.29, 1.82) is 0 Å². The zero-order valence-corrected chi connectivity index (χ0v) is 16.1. The fourth-order valence-electron chi connectivity index (χ4n) is 2.42. The fourth-order valence-corrected chi connectivity index (χ4v) is 2.42. The van der Waals surface area contributed by atoms with Gasteiger partial charge >= 0.3 is 0 Å². The van der Waals surface area contributed by atoms with Crippen molar-refractivity contribution in [3.8, 4) is 0 Å². The molecule has 0 bridgehead atoms. The van der Waals surface area contributed by atoms with E-state index in [0.29, 0.717) is 24.2 Å². The van der Waals surface area contributed by atoms with E-state index in [1.807, 2.05) is 39.0 Å². The average molecular weight is 352 g/mol. The van der Waals surface area contributed by atoms with Crippen LogP contribution in [0.5, 0.6) is 0 Å². The van der Waals surface area contributed by atoms with E-state index in [1.165, 1.54) is 5.56 Å². The van der Waals surface area contributed by atoms with E-state index < -0.39 is 5.41 Å². The summed E-state index contributed by atoms with van der Waals surface area (Å²) in [6.45, 7) is 7.71. The molecule has 0 aromatic heterocycles. The molecule has 0 radical (unpaired) electrons. The molecule has 138 valence electrons. The molecule has 0 spiro atoms. The predicted molar refractivity (Wildman–Crippen MR) is 107 cm³/mol. The highest BCUT2D eigenvalue weighted by atomic mass is 16.2. The second-order valence-electron chi connectivity index (χ2n) is 7.50. The molecule has 0 saturated carbocycles. The Labute approximate surface area is 156 Å². The first-order chi connectivity index (χ1) is 12.3. The fraction of sp³-hybridized carbons (Fsp3) is 0.364. The van der Waals surface area contributed by atoms with Gasteiger partial charge in [0.25, 0.3) is 0 Å². The van der Waals surface area contributed by atoms with Gasteiger partial charge in [0, 0.05) is 23.2 Å². The molecule has 26 heavy (non-hydrogen) atoms. The van der Waals surface area contributed by atoms with Gasteiger partial charge in [0.2, 0.25) is 11.8 Å². The molecule has 2 aromatic rings. The third kappa shape index (κ3) is 6.03. The van der Waals surface area contributed by atoms with Gasteiger partial charge < -0.3 is 10.6 Å². The van der Waals surface area contributed by atoms with E-state index in [2.05, 4.69) is 41.8 Å². The number of amides is 2. The predicted octanol–water partition coefficient (Wildman–Crippen LogP) is 4.80. The number of anilines is 2.